The standard InChI is InChI=1S/C25H26ClN3O5/c1-3-33-25(32)29-12-10-28(11-13-29)15-21(30)27-24-22(17-6-4-16(2)5-7-17)23(31)19-14-18(26)8-9-20(19)34-24/h4-9,14H,3,10-13,15H2,1-2H3,(H,27,30). The summed E-state index contributed by atoms with van der Waals surface area (Å²) >= 11 is 6.10. The third-order valence-electron chi connectivity index (χ3n) is 5.71. The molecule has 0 aliphatic carbocycles. The van der Waals surface area contributed by atoms with Crippen LogP contribution in [0.3, 0.4) is 0 Å². The Morgan fingerprint density at radius 1 is 1.09 bits per heavy atom. The highest BCUT2D eigenvalue weighted by molar-refractivity contribution is 6.31. The van der Waals surface area contributed by atoms with Gasteiger partial charge in [0.25, 0.3) is 0 Å². The van der Waals surface area contributed by atoms with Gasteiger partial charge in [0.05, 0.1) is 24.1 Å². The van der Waals surface area contributed by atoms with Crippen LogP contribution in [-0.2, 0) is 9.53 Å². The molecule has 0 unspecified atom stereocenters. The first-order valence-electron chi connectivity index (χ1n) is 11.1. The number of hydrogen-bond donors (Lipinski definition) is 1. The maximum Gasteiger partial charge on any atom is 0.409 e. The quantitative estimate of drug-likeness (QED) is 0.586. The second-order valence-electron chi connectivity index (χ2n) is 8.15. The minimum absolute atomic E-state index is 0.0961. The molecule has 8 nitrogen and oxygen atoms in total. The molecule has 0 spiro atoms. The average Bonchev–Trinajstić information content (AvgIpc) is 2.81. The largest absolute Gasteiger partial charge is 0.450 e. The van der Waals surface area contributed by atoms with E-state index in [0.717, 1.165) is 5.56 Å². The lowest BCUT2D eigenvalue weighted by Crippen LogP contribution is -2.50. The number of benzene rings is 2. The Balaban J connectivity index is 1.56. The second kappa shape index (κ2) is 10.3. The second-order valence-corrected chi connectivity index (χ2v) is 8.59. The van der Waals surface area contributed by atoms with Crippen molar-refractivity contribution in [1.29, 1.82) is 0 Å². The van der Waals surface area contributed by atoms with Gasteiger partial charge in [-0.05, 0) is 37.6 Å². The Hall–Kier alpha value is -3.36. The zero-order valence-electron chi connectivity index (χ0n) is 19.1. The number of aryl methyl sites for hydroxylation is 1. The van der Waals surface area contributed by atoms with Crippen LogP contribution < -0.4 is 10.7 Å². The van der Waals surface area contributed by atoms with Gasteiger partial charge < -0.3 is 14.1 Å². The monoisotopic (exact) mass is 483 g/mol. The van der Waals surface area contributed by atoms with Crippen LogP contribution in [0.4, 0.5) is 10.7 Å². The van der Waals surface area contributed by atoms with Crippen molar-refractivity contribution >= 4 is 40.5 Å². The number of anilines is 1. The first-order chi connectivity index (χ1) is 16.4. The number of ether oxygens (including phenoxy) is 1. The minimum atomic E-state index is -0.340. The molecule has 2 heterocycles. The molecule has 178 valence electrons. The molecule has 0 saturated carbocycles. The van der Waals surface area contributed by atoms with Crippen molar-refractivity contribution in [3.05, 3.63) is 63.3 Å². The van der Waals surface area contributed by atoms with Crippen LogP contribution in [-0.4, -0.2) is 61.1 Å². The molecule has 2 amide bonds. The van der Waals surface area contributed by atoms with E-state index in [1.54, 1.807) is 30.0 Å². The molecule has 34 heavy (non-hydrogen) atoms. The van der Waals surface area contributed by atoms with Crippen LogP contribution in [0.5, 0.6) is 0 Å². The summed E-state index contributed by atoms with van der Waals surface area (Å²) in [7, 11) is 0. The molecule has 0 atom stereocenters. The predicted molar refractivity (Wildman–Crippen MR) is 131 cm³/mol. The summed E-state index contributed by atoms with van der Waals surface area (Å²) in [6.07, 6.45) is -0.340. The number of nitrogens with zero attached hydrogens (tertiary/aromatic N) is 2. The van der Waals surface area contributed by atoms with E-state index in [0.29, 0.717) is 54.3 Å². The van der Waals surface area contributed by atoms with Crippen molar-refractivity contribution in [3.8, 4) is 11.1 Å². The van der Waals surface area contributed by atoms with Crippen molar-refractivity contribution < 1.29 is 18.7 Å². The van der Waals surface area contributed by atoms with E-state index < -0.39 is 0 Å². The van der Waals surface area contributed by atoms with E-state index in [1.165, 1.54) is 0 Å². The summed E-state index contributed by atoms with van der Waals surface area (Å²) in [4.78, 5) is 41.7. The van der Waals surface area contributed by atoms with E-state index in [4.69, 9.17) is 20.8 Å². The summed E-state index contributed by atoms with van der Waals surface area (Å²) < 4.78 is 11.0. The van der Waals surface area contributed by atoms with Crippen molar-refractivity contribution in [2.45, 2.75) is 13.8 Å². The highest BCUT2D eigenvalue weighted by Gasteiger charge is 2.24. The maximum atomic E-state index is 13.4. The summed E-state index contributed by atoms with van der Waals surface area (Å²) in [5, 5.41) is 3.56. The van der Waals surface area contributed by atoms with Gasteiger partial charge in [-0.3, -0.25) is 19.8 Å². The van der Waals surface area contributed by atoms with Crippen LogP contribution >= 0.6 is 11.6 Å². The SMILES string of the molecule is CCOC(=O)N1CCN(CC(=O)Nc2oc3ccc(Cl)cc3c(=O)c2-c2ccc(C)cc2)CC1. The van der Waals surface area contributed by atoms with E-state index in [-0.39, 0.29) is 35.4 Å². The van der Waals surface area contributed by atoms with Gasteiger partial charge in [-0.25, -0.2) is 4.79 Å². The molecule has 9 heteroatoms. The Morgan fingerprint density at radius 2 is 1.79 bits per heavy atom. The molecule has 4 rings (SSSR count). The maximum absolute atomic E-state index is 13.4. The van der Waals surface area contributed by atoms with Crippen LogP contribution in [0.15, 0.2) is 51.7 Å². The first kappa shape index (κ1) is 23.8. The molecule has 3 aromatic rings. The predicted octanol–water partition coefficient (Wildman–Crippen LogP) is 4.13. The third kappa shape index (κ3) is 5.24. The number of piperazine rings is 1. The van der Waals surface area contributed by atoms with Crippen LogP contribution in [0.25, 0.3) is 22.1 Å². The molecular weight excluding hydrogens is 458 g/mol. The van der Waals surface area contributed by atoms with Crippen LogP contribution in [0.1, 0.15) is 12.5 Å². The Labute approximate surface area is 202 Å². The molecule has 1 fully saturated rings. The van der Waals surface area contributed by atoms with Gasteiger partial charge in [0.1, 0.15) is 5.58 Å². The van der Waals surface area contributed by atoms with Crippen molar-refractivity contribution in [2.75, 3.05) is 44.6 Å². The smallest absolute Gasteiger partial charge is 0.409 e. The molecule has 1 aliphatic rings. The molecule has 1 aliphatic heterocycles. The number of hydrogen-bond acceptors (Lipinski definition) is 6. The zero-order chi connectivity index (χ0) is 24.2. The fourth-order valence-corrected chi connectivity index (χ4v) is 4.08. The topological polar surface area (TPSA) is 92.1 Å². The normalized spacial score (nSPS) is 14.3. The van der Waals surface area contributed by atoms with Crippen molar-refractivity contribution in [1.82, 2.24) is 9.80 Å². The fourth-order valence-electron chi connectivity index (χ4n) is 3.91. The number of carbonyl (C=O) groups is 2. The average molecular weight is 484 g/mol. The number of carbonyl (C=O) groups excluding carboxylic acids is 2. The lowest BCUT2D eigenvalue weighted by molar-refractivity contribution is -0.117. The zero-order valence-corrected chi connectivity index (χ0v) is 19.9. The Kier molecular flexibility index (Phi) is 7.19. The van der Waals surface area contributed by atoms with Gasteiger partial charge in [-0.15, -0.1) is 0 Å². The molecule has 2 aromatic carbocycles. The van der Waals surface area contributed by atoms with E-state index in [2.05, 4.69) is 5.32 Å². The van der Waals surface area contributed by atoms with E-state index in [9.17, 15) is 14.4 Å². The van der Waals surface area contributed by atoms with Crippen molar-refractivity contribution in [2.24, 2.45) is 0 Å². The summed E-state index contributed by atoms with van der Waals surface area (Å²) in [5.41, 5.74) is 2.02. The van der Waals surface area contributed by atoms with Gasteiger partial charge in [0, 0.05) is 31.2 Å². The number of fused-ring (bicyclic) bond motifs is 1. The number of nitrogens with one attached hydrogen (secondary N) is 1. The molecule has 0 bridgehead atoms. The third-order valence-corrected chi connectivity index (χ3v) is 5.95. The molecule has 0 radical (unpaired) electrons. The minimum Gasteiger partial charge on any atom is -0.450 e. The lowest BCUT2D eigenvalue weighted by atomic mass is 10.0. The Bertz CT molecular complexity index is 1260. The first-order valence-corrected chi connectivity index (χ1v) is 11.5. The molecule has 1 N–H and O–H groups in total. The van der Waals surface area contributed by atoms with Crippen molar-refractivity contribution in [3.63, 3.8) is 0 Å². The number of amides is 2. The summed E-state index contributed by atoms with van der Waals surface area (Å²) in [5.74, 6) is -0.215. The van der Waals surface area contributed by atoms with E-state index in [1.807, 2.05) is 36.1 Å². The van der Waals surface area contributed by atoms with Crippen LogP contribution in [0, 0.1) is 6.92 Å². The molecular formula is C25H26ClN3O5. The summed E-state index contributed by atoms with van der Waals surface area (Å²) in [6, 6.07) is 12.2. The fraction of sp³-hybridized carbons (Fsp3) is 0.320. The van der Waals surface area contributed by atoms with Gasteiger partial charge in [0.2, 0.25) is 17.2 Å². The van der Waals surface area contributed by atoms with Gasteiger partial charge in [-0.1, -0.05) is 41.4 Å². The van der Waals surface area contributed by atoms with Gasteiger partial charge in [-0.2, -0.15) is 0 Å². The van der Waals surface area contributed by atoms with Gasteiger partial charge in [0.15, 0.2) is 0 Å². The molecule has 1 aromatic heterocycles. The highest BCUT2D eigenvalue weighted by Crippen LogP contribution is 2.30. The number of rotatable bonds is 5. The lowest BCUT2D eigenvalue weighted by Gasteiger charge is -2.33. The molecule has 1 saturated heterocycles. The van der Waals surface area contributed by atoms with Crippen LogP contribution in [0.2, 0.25) is 5.02 Å². The highest BCUT2D eigenvalue weighted by atomic mass is 35.5. The summed E-state index contributed by atoms with van der Waals surface area (Å²) in [6.45, 7) is 6.19. The van der Waals surface area contributed by atoms with E-state index >= 15 is 0 Å². The number of halogens is 1. The van der Waals surface area contributed by atoms with Gasteiger partial charge >= 0.3 is 6.09 Å². The Morgan fingerprint density at radius 3 is 2.47 bits per heavy atom.